The summed E-state index contributed by atoms with van der Waals surface area (Å²) in [5.41, 5.74) is 8.17. The normalized spacial score (nSPS) is 34.6. The zero-order valence-corrected chi connectivity index (χ0v) is 11.2. The number of ether oxygens (including phenoxy) is 1. The molecule has 2 nitrogen and oxygen atoms in total. The molecule has 0 heterocycles. The minimum absolute atomic E-state index is 0.158. The van der Waals surface area contributed by atoms with E-state index in [-0.39, 0.29) is 5.54 Å². The summed E-state index contributed by atoms with van der Waals surface area (Å²) in [5.74, 6) is 1.01. The Morgan fingerprint density at radius 1 is 1.11 bits per heavy atom. The van der Waals surface area contributed by atoms with Gasteiger partial charge in [0.2, 0.25) is 0 Å². The monoisotopic (exact) mass is 245 g/mol. The molecule has 2 N–H and O–H groups in total. The summed E-state index contributed by atoms with van der Waals surface area (Å²) in [6.45, 7) is 2.97. The molecule has 0 spiro atoms. The van der Waals surface area contributed by atoms with Crippen molar-refractivity contribution in [2.24, 2.45) is 11.1 Å². The fourth-order valence-corrected chi connectivity index (χ4v) is 3.45. The lowest BCUT2D eigenvalue weighted by molar-refractivity contribution is 0.00531. The molecule has 3 saturated carbocycles. The van der Waals surface area contributed by atoms with Gasteiger partial charge in [-0.1, -0.05) is 12.1 Å². The molecule has 18 heavy (non-hydrogen) atoms. The second-order valence-corrected chi connectivity index (χ2v) is 6.47. The van der Waals surface area contributed by atoms with Crippen LogP contribution in [0.3, 0.4) is 0 Å². The van der Waals surface area contributed by atoms with E-state index in [9.17, 15) is 0 Å². The molecule has 2 heteroatoms. The van der Waals surface area contributed by atoms with Gasteiger partial charge in [-0.3, -0.25) is 0 Å². The van der Waals surface area contributed by atoms with Crippen LogP contribution in [0.2, 0.25) is 0 Å². The first-order valence-electron chi connectivity index (χ1n) is 7.08. The molecular formula is C16H23NO. The van der Waals surface area contributed by atoms with Crippen molar-refractivity contribution in [3.05, 3.63) is 29.8 Å². The molecule has 0 aromatic heterocycles. The van der Waals surface area contributed by atoms with Crippen LogP contribution in [0, 0.1) is 12.3 Å². The fourth-order valence-electron chi connectivity index (χ4n) is 3.45. The molecule has 0 atom stereocenters. The van der Waals surface area contributed by atoms with Crippen LogP contribution in [-0.4, -0.2) is 12.1 Å². The van der Waals surface area contributed by atoms with E-state index in [2.05, 4.69) is 31.2 Å². The Bertz CT molecular complexity index is 416. The molecule has 3 aliphatic rings. The summed E-state index contributed by atoms with van der Waals surface area (Å²) in [5, 5.41) is 0. The topological polar surface area (TPSA) is 35.2 Å². The van der Waals surface area contributed by atoms with Crippen molar-refractivity contribution in [3.8, 4) is 5.75 Å². The molecule has 1 aromatic carbocycles. The largest absolute Gasteiger partial charge is 0.493 e. The summed E-state index contributed by atoms with van der Waals surface area (Å²) in [6.07, 6.45) is 7.29. The molecule has 4 rings (SSSR count). The highest BCUT2D eigenvalue weighted by atomic mass is 16.5. The minimum atomic E-state index is 0.158. The molecule has 0 amide bonds. The van der Waals surface area contributed by atoms with Gasteiger partial charge in [0, 0.05) is 11.0 Å². The van der Waals surface area contributed by atoms with Gasteiger partial charge in [0.05, 0.1) is 6.61 Å². The van der Waals surface area contributed by atoms with Gasteiger partial charge in [-0.05, 0) is 63.1 Å². The highest BCUT2D eigenvalue weighted by Crippen LogP contribution is 2.51. The Labute approximate surface area is 110 Å². The van der Waals surface area contributed by atoms with Gasteiger partial charge in [0.15, 0.2) is 0 Å². The molecule has 0 radical (unpaired) electrons. The predicted octanol–water partition coefficient (Wildman–Crippen LogP) is 3.43. The Kier molecular flexibility index (Phi) is 2.86. The first kappa shape index (κ1) is 12.0. The van der Waals surface area contributed by atoms with Crippen LogP contribution in [0.4, 0.5) is 0 Å². The Morgan fingerprint density at radius 2 is 1.78 bits per heavy atom. The van der Waals surface area contributed by atoms with Gasteiger partial charge in [-0.2, -0.15) is 0 Å². The number of rotatable bonds is 3. The van der Waals surface area contributed by atoms with Crippen molar-refractivity contribution in [2.45, 2.75) is 51.0 Å². The van der Waals surface area contributed by atoms with Crippen molar-refractivity contribution in [3.63, 3.8) is 0 Å². The standard InChI is InChI=1S/C16H23NO/c1-13-3-2-4-14(11-13)18-12-15-5-8-16(17,9-6-15)10-7-15/h2-4,11H,5-10,12,17H2,1H3. The minimum Gasteiger partial charge on any atom is -0.493 e. The SMILES string of the molecule is Cc1cccc(OCC23CCC(N)(CC2)CC3)c1. The average molecular weight is 245 g/mol. The Morgan fingerprint density at radius 3 is 2.39 bits per heavy atom. The second-order valence-electron chi connectivity index (χ2n) is 6.47. The van der Waals surface area contributed by atoms with Gasteiger partial charge >= 0.3 is 0 Å². The number of aryl methyl sites for hydroxylation is 1. The lowest BCUT2D eigenvalue weighted by atomic mass is 9.58. The van der Waals surface area contributed by atoms with Crippen LogP contribution < -0.4 is 10.5 Å². The van der Waals surface area contributed by atoms with Gasteiger partial charge in [-0.25, -0.2) is 0 Å². The van der Waals surface area contributed by atoms with E-state index in [1.807, 2.05) is 0 Å². The van der Waals surface area contributed by atoms with Crippen molar-refractivity contribution in [2.75, 3.05) is 6.61 Å². The van der Waals surface area contributed by atoms with Crippen LogP contribution in [-0.2, 0) is 0 Å². The molecule has 1 aromatic rings. The highest BCUT2D eigenvalue weighted by molar-refractivity contribution is 5.27. The second kappa shape index (κ2) is 4.27. The fraction of sp³-hybridized carbons (Fsp3) is 0.625. The molecule has 0 aliphatic heterocycles. The Balaban J connectivity index is 1.64. The van der Waals surface area contributed by atoms with Gasteiger partial charge in [-0.15, -0.1) is 0 Å². The number of hydrogen-bond acceptors (Lipinski definition) is 2. The quantitative estimate of drug-likeness (QED) is 0.885. The maximum Gasteiger partial charge on any atom is 0.119 e. The number of hydrogen-bond donors (Lipinski definition) is 1. The third-order valence-corrected chi connectivity index (χ3v) is 4.99. The average Bonchev–Trinajstić information content (AvgIpc) is 2.39. The third kappa shape index (κ3) is 2.26. The van der Waals surface area contributed by atoms with E-state index in [0.29, 0.717) is 5.41 Å². The Hall–Kier alpha value is -1.02. The van der Waals surface area contributed by atoms with Crippen LogP contribution in [0.5, 0.6) is 5.75 Å². The van der Waals surface area contributed by atoms with E-state index in [4.69, 9.17) is 10.5 Å². The van der Waals surface area contributed by atoms with Gasteiger partial charge in [0.1, 0.15) is 5.75 Å². The van der Waals surface area contributed by atoms with Crippen LogP contribution in [0.25, 0.3) is 0 Å². The first-order valence-corrected chi connectivity index (χ1v) is 7.08. The van der Waals surface area contributed by atoms with Crippen LogP contribution in [0.1, 0.15) is 44.1 Å². The van der Waals surface area contributed by atoms with Crippen LogP contribution in [0.15, 0.2) is 24.3 Å². The first-order chi connectivity index (χ1) is 8.59. The summed E-state index contributed by atoms with van der Waals surface area (Å²) in [4.78, 5) is 0. The van der Waals surface area contributed by atoms with Crippen molar-refractivity contribution >= 4 is 0 Å². The molecular weight excluding hydrogens is 222 g/mol. The van der Waals surface area contributed by atoms with Crippen molar-refractivity contribution in [1.82, 2.24) is 0 Å². The number of fused-ring (bicyclic) bond motifs is 3. The van der Waals surface area contributed by atoms with E-state index in [1.165, 1.54) is 44.1 Å². The maximum absolute atomic E-state index is 6.34. The summed E-state index contributed by atoms with van der Waals surface area (Å²) < 4.78 is 6.04. The molecule has 0 saturated heterocycles. The zero-order valence-electron chi connectivity index (χ0n) is 11.2. The molecule has 3 aliphatic carbocycles. The van der Waals surface area contributed by atoms with Gasteiger partial charge in [0.25, 0.3) is 0 Å². The van der Waals surface area contributed by atoms with Crippen LogP contribution >= 0.6 is 0 Å². The maximum atomic E-state index is 6.34. The lowest BCUT2D eigenvalue weighted by Crippen LogP contribution is -2.53. The molecule has 98 valence electrons. The zero-order chi connectivity index (χ0) is 12.6. The highest BCUT2D eigenvalue weighted by Gasteiger charge is 2.46. The van der Waals surface area contributed by atoms with Crippen molar-refractivity contribution in [1.29, 1.82) is 0 Å². The summed E-state index contributed by atoms with van der Waals surface area (Å²) in [6, 6.07) is 8.35. The lowest BCUT2D eigenvalue weighted by Gasteiger charge is -2.51. The summed E-state index contributed by atoms with van der Waals surface area (Å²) in [7, 11) is 0. The smallest absolute Gasteiger partial charge is 0.119 e. The molecule has 0 unspecified atom stereocenters. The van der Waals surface area contributed by atoms with E-state index in [0.717, 1.165) is 12.4 Å². The third-order valence-electron chi connectivity index (χ3n) is 4.99. The summed E-state index contributed by atoms with van der Waals surface area (Å²) >= 11 is 0. The van der Waals surface area contributed by atoms with Gasteiger partial charge < -0.3 is 10.5 Å². The molecule has 3 fully saturated rings. The number of benzene rings is 1. The van der Waals surface area contributed by atoms with E-state index < -0.39 is 0 Å². The number of nitrogens with two attached hydrogens (primary N) is 1. The molecule has 2 bridgehead atoms. The van der Waals surface area contributed by atoms with Crippen molar-refractivity contribution < 1.29 is 4.74 Å². The van der Waals surface area contributed by atoms with E-state index in [1.54, 1.807) is 0 Å². The predicted molar refractivity (Wildman–Crippen MR) is 73.7 cm³/mol. The van der Waals surface area contributed by atoms with E-state index >= 15 is 0 Å².